The number of primary amides is 1. The number of amides is 1. The van der Waals surface area contributed by atoms with Crippen molar-refractivity contribution in [3.05, 3.63) is 12.8 Å². The zero-order chi connectivity index (χ0) is 4.99. The minimum atomic E-state index is -0.829. The van der Waals surface area contributed by atoms with Gasteiger partial charge >= 0.3 is 35.7 Å². The van der Waals surface area contributed by atoms with Gasteiger partial charge in [0.15, 0.2) is 0 Å². The number of carbonyl (C=O) groups is 1. The van der Waals surface area contributed by atoms with E-state index < -0.39 is 6.09 Å². The molecule has 0 atom stereocenters. The van der Waals surface area contributed by atoms with Crippen LogP contribution in [-0.4, -0.2) is 6.09 Å². The number of nitrogens with two attached hydrogens (primary N) is 1. The molecule has 0 radical (unpaired) electrons. The summed E-state index contributed by atoms with van der Waals surface area (Å²) < 4.78 is 3.94. The maximum absolute atomic E-state index is 9.53. The van der Waals surface area contributed by atoms with E-state index in [1.165, 1.54) is 0 Å². The summed E-state index contributed by atoms with van der Waals surface area (Å²) in [7, 11) is 0. The van der Waals surface area contributed by atoms with Crippen LogP contribution in [0.25, 0.3) is 0 Å². The van der Waals surface area contributed by atoms with Crippen molar-refractivity contribution >= 4 is 6.09 Å². The Labute approximate surface area is 65.3 Å². The fraction of sp³-hybridized carbons (Fsp3) is 0. The van der Waals surface area contributed by atoms with Gasteiger partial charge in [-0.3, -0.25) is 0 Å². The smallest absolute Gasteiger partial charge is 1.00 e. The van der Waals surface area contributed by atoms with Crippen LogP contribution in [0.5, 0.6) is 0 Å². The Hall–Kier alpha value is 0.0100. The van der Waals surface area contributed by atoms with Gasteiger partial charge < -0.3 is 11.9 Å². The molecule has 0 bridgehead atoms. The third-order valence-corrected chi connectivity index (χ3v) is 0.199. The monoisotopic (exact) mass is 111 g/mol. The molecule has 0 rings (SSSR count). The van der Waals surface area contributed by atoms with Crippen LogP contribution < -0.4 is 35.3 Å². The van der Waals surface area contributed by atoms with Crippen LogP contribution in [0.1, 0.15) is 1.43 Å². The zero-order valence-corrected chi connectivity index (χ0v) is 6.18. The Kier molecular flexibility index (Phi) is 8.66. The maximum Gasteiger partial charge on any atom is 1.00 e. The molecule has 36 valence electrons. The van der Waals surface area contributed by atoms with Crippen molar-refractivity contribution in [2.75, 3.05) is 0 Å². The van der Waals surface area contributed by atoms with Crippen LogP contribution in [0.15, 0.2) is 12.8 Å². The summed E-state index contributed by atoms with van der Waals surface area (Å²) in [6.07, 6.45) is 0.146. The SMILES string of the molecule is C=COC(N)=O.[H-].[Na+]. The van der Waals surface area contributed by atoms with Crippen LogP contribution in [-0.2, 0) is 4.74 Å². The number of carbonyl (C=O) groups excluding carboxylic acids is 1. The Morgan fingerprint density at radius 2 is 2.43 bits per heavy atom. The second kappa shape index (κ2) is 6.01. The number of ether oxygens (including phenoxy) is 1. The van der Waals surface area contributed by atoms with E-state index in [0.29, 0.717) is 0 Å². The summed E-state index contributed by atoms with van der Waals surface area (Å²) in [5.74, 6) is 0. The second-order valence-electron chi connectivity index (χ2n) is 0.604. The van der Waals surface area contributed by atoms with Crippen molar-refractivity contribution in [1.29, 1.82) is 0 Å². The largest absolute Gasteiger partial charge is 1.00 e. The number of hydrogen-bond acceptors (Lipinski definition) is 2. The minimum absolute atomic E-state index is 0. The molecule has 0 spiro atoms. The normalized spacial score (nSPS) is 5.71. The first-order chi connectivity index (χ1) is 2.77. The van der Waals surface area contributed by atoms with Crippen molar-refractivity contribution in [3.8, 4) is 0 Å². The van der Waals surface area contributed by atoms with E-state index in [4.69, 9.17) is 0 Å². The molecule has 0 heterocycles. The summed E-state index contributed by atoms with van der Waals surface area (Å²) in [6.45, 7) is 3.08. The van der Waals surface area contributed by atoms with E-state index in [9.17, 15) is 4.79 Å². The van der Waals surface area contributed by atoms with Crippen LogP contribution in [0, 0.1) is 0 Å². The van der Waals surface area contributed by atoms with E-state index in [0.717, 1.165) is 6.26 Å². The van der Waals surface area contributed by atoms with Gasteiger partial charge in [-0.25, -0.2) is 4.79 Å². The molecule has 0 aromatic rings. The van der Waals surface area contributed by atoms with Crippen LogP contribution in [0.3, 0.4) is 0 Å². The Morgan fingerprint density at radius 1 is 2.00 bits per heavy atom. The van der Waals surface area contributed by atoms with E-state index in [2.05, 4.69) is 17.0 Å². The Bertz CT molecular complexity index is 77.7. The molecule has 0 saturated heterocycles. The zero-order valence-electron chi connectivity index (χ0n) is 5.18. The van der Waals surface area contributed by atoms with Crippen molar-refractivity contribution in [1.82, 2.24) is 0 Å². The van der Waals surface area contributed by atoms with Crippen molar-refractivity contribution in [2.45, 2.75) is 0 Å². The van der Waals surface area contributed by atoms with Crippen LogP contribution in [0.4, 0.5) is 4.79 Å². The Morgan fingerprint density at radius 3 is 2.43 bits per heavy atom. The first kappa shape index (κ1) is 10.1. The van der Waals surface area contributed by atoms with Gasteiger partial charge in [0.1, 0.15) is 0 Å². The average Bonchev–Trinajstić information content (AvgIpc) is 1.35. The molecule has 0 aliphatic heterocycles. The molecule has 2 N–H and O–H groups in total. The number of rotatable bonds is 1. The first-order valence-corrected chi connectivity index (χ1v) is 1.34. The second-order valence-corrected chi connectivity index (χ2v) is 0.604. The molecular formula is C3H6NNaO2. The van der Waals surface area contributed by atoms with Gasteiger partial charge in [0.25, 0.3) is 0 Å². The molecule has 0 unspecified atom stereocenters. The van der Waals surface area contributed by atoms with Gasteiger partial charge in [-0.05, 0) is 0 Å². The predicted octanol–water partition coefficient (Wildman–Crippen LogP) is -2.66. The molecular weight excluding hydrogens is 105 g/mol. The summed E-state index contributed by atoms with van der Waals surface area (Å²) in [5.41, 5.74) is 4.47. The molecule has 7 heavy (non-hydrogen) atoms. The summed E-state index contributed by atoms with van der Waals surface area (Å²) >= 11 is 0. The quantitative estimate of drug-likeness (QED) is 0.296. The molecule has 4 heteroatoms. The molecule has 0 aliphatic rings. The molecule has 1 amide bonds. The van der Waals surface area contributed by atoms with Gasteiger partial charge in [-0.1, -0.05) is 6.58 Å². The molecule has 0 saturated carbocycles. The van der Waals surface area contributed by atoms with Crippen molar-refractivity contribution in [2.24, 2.45) is 5.73 Å². The third-order valence-electron chi connectivity index (χ3n) is 0.199. The van der Waals surface area contributed by atoms with E-state index in [-0.39, 0.29) is 31.0 Å². The first-order valence-electron chi connectivity index (χ1n) is 1.34. The van der Waals surface area contributed by atoms with Gasteiger partial charge in [0.05, 0.1) is 6.26 Å². The van der Waals surface area contributed by atoms with Crippen molar-refractivity contribution < 1.29 is 40.5 Å². The minimum Gasteiger partial charge on any atom is -1.00 e. The third kappa shape index (κ3) is 10.7. The molecule has 0 aromatic heterocycles. The maximum atomic E-state index is 9.53. The molecule has 0 aromatic carbocycles. The average molecular weight is 111 g/mol. The molecule has 0 aliphatic carbocycles. The van der Waals surface area contributed by atoms with Gasteiger partial charge in [0.2, 0.25) is 0 Å². The van der Waals surface area contributed by atoms with Crippen molar-refractivity contribution in [3.63, 3.8) is 0 Å². The van der Waals surface area contributed by atoms with E-state index >= 15 is 0 Å². The molecule has 3 nitrogen and oxygen atoms in total. The standard InChI is InChI=1S/C3H5NO2.Na.H/c1-2-6-3(4)5;;/h2H,1H2,(H2,4,5);;/q;+1;-1. The summed E-state index contributed by atoms with van der Waals surface area (Å²) in [6, 6.07) is 0. The van der Waals surface area contributed by atoms with Gasteiger partial charge in [0, 0.05) is 0 Å². The van der Waals surface area contributed by atoms with E-state index in [1.54, 1.807) is 0 Å². The van der Waals surface area contributed by atoms with Crippen LogP contribution >= 0.6 is 0 Å². The van der Waals surface area contributed by atoms with Gasteiger partial charge in [-0.15, -0.1) is 0 Å². The van der Waals surface area contributed by atoms with Crippen LogP contribution in [0.2, 0.25) is 0 Å². The Balaban J connectivity index is -0.000000125. The number of hydrogen-bond donors (Lipinski definition) is 1. The topological polar surface area (TPSA) is 52.3 Å². The predicted molar refractivity (Wildman–Crippen MR) is 22.0 cm³/mol. The van der Waals surface area contributed by atoms with Gasteiger partial charge in [-0.2, -0.15) is 0 Å². The fourth-order valence-corrected chi connectivity index (χ4v) is 0.0821. The fourth-order valence-electron chi connectivity index (χ4n) is 0.0821. The molecule has 0 fully saturated rings. The summed E-state index contributed by atoms with van der Waals surface area (Å²) in [5, 5.41) is 0. The summed E-state index contributed by atoms with van der Waals surface area (Å²) in [4.78, 5) is 9.53. The van der Waals surface area contributed by atoms with E-state index in [1.807, 2.05) is 0 Å².